The normalized spacial score (nSPS) is 20.1. The zero-order valence-corrected chi connectivity index (χ0v) is 16.5. The summed E-state index contributed by atoms with van der Waals surface area (Å²) >= 11 is 0. The fourth-order valence-electron chi connectivity index (χ4n) is 3.51. The smallest absolute Gasteiger partial charge is 0.222 e. The van der Waals surface area contributed by atoms with Gasteiger partial charge in [0, 0.05) is 32.3 Å². The minimum Gasteiger partial charge on any atom is -0.491 e. The minimum atomic E-state index is -0.983. The molecule has 2 heterocycles. The number of nitrogens with zero attached hydrogens (tertiary/aromatic N) is 3. The molecule has 1 N–H and O–H groups in total. The molecule has 0 bridgehead atoms. The van der Waals surface area contributed by atoms with Crippen LogP contribution in [-0.2, 0) is 18.3 Å². The number of hydrogen-bond acceptors (Lipinski definition) is 4. The largest absolute Gasteiger partial charge is 0.491 e. The van der Waals surface area contributed by atoms with Crippen molar-refractivity contribution in [3.8, 4) is 5.75 Å². The Bertz CT molecular complexity index is 806. The summed E-state index contributed by atoms with van der Waals surface area (Å²) in [6.45, 7) is 3.29. The van der Waals surface area contributed by atoms with E-state index in [0.717, 1.165) is 17.7 Å². The lowest BCUT2D eigenvalue weighted by Gasteiger charge is -2.27. The van der Waals surface area contributed by atoms with Crippen LogP contribution in [0.2, 0.25) is 0 Å². The zero-order chi connectivity index (χ0) is 20.1. The first-order chi connectivity index (χ1) is 13.4. The predicted octanol–water partition coefficient (Wildman–Crippen LogP) is 2.62. The topological polar surface area (TPSA) is 67.6 Å². The molecule has 7 heteroatoms. The van der Waals surface area contributed by atoms with Gasteiger partial charge in [0.05, 0.1) is 6.20 Å². The van der Waals surface area contributed by atoms with Crippen LogP contribution >= 0.6 is 0 Å². The highest BCUT2D eigenvalue weighted by atomic mass is 19.1. The molecule has 3 rings (SSSR count). The van der Waals surface area contributed by atoms with E-state index >= 15 is 0 Å². The number of hydrogen-bond donors (Lipinski definition) is 1. The van der Waals surface area contributed by atoms with Crippen LogP contribution in [0, 0.1) is 12.7 Å². The summed E-state index contributed by atoms with van der Waals surface area (Å²) in [5.41, 5.74) is 1.19. The van der Waals surface area contributed by atoms with Gasteiger partial charge in [0.1, 0.15) is 23.8 Å². The summed E-state index contributed by atoms with van der Waals surface area (Å²) in [5.74, 6) is 0.307. The molecular formula is C21H28FN3O3. The molecule has 1 atom stereocenters. The van der Waals surface area contributed by atoms with Crippen molar-refractivity contribution in [2.75, 3.05) is 19.7 Å². The van der Waals surface area contributed by atoms with Gasteiger partial charge in [-0.1, -0.05) is 0 Å². The molecule has 1 aromatic carbocycles. The van der Waals surface area contributed by atoms with Gasteiger partial charge in [-0.3, -0.25) is 9.48 Å². The van der Waals surface area contributed by atoms with Crippen molar-refractivity contribution < 1.29 is 19.0 Å². The van der Waals surface area contributed by atoms with Crippen LogP contribution in [-0.4, -0.2) is 51.0 Å². The number of rotatable bonds is 6. The maximum absolute atomic E-state index is 13.0. The summed E-state index contributed by atoms with van der Waals surface area (Å²) in [4.78, 5) is 14.4. The van der Waals surface area contributed by atoms with Crippen LogP contribution in [0.15, 0.2) is 30.5 Å². The van der Waals surface area contributed by atoms with Gasteiger partial charge in [-0.05, 0) is 62.4 Å². The van der Waals surface area contributed by atoms with E-state index in [1.54, 1.807) is 12.1 Å². The Morgan fingerprint density at radius 2 is 2.04 bits per heavy atom. The molecule has 152 valence electrons. The van der Waals surface area contributed by atoms with Crippen LogP contribution in [0.4, 0.5) is 4.39 Å². The predicted molar refractivity (Wildman–Crippen MR) is 104 cm³/mol. The lowest BCUT2D eigenvalue weighted by Crippen LogP contribution is -2.38. The third-order valence-corrected chi connectivity index (χ3v) is 5.54. The Morgan fingerprint density at radius 3 is 2.71 bits per heavy atom. The van der Waals surface area contributed by atoms with Crippen LogP contribution in [0.1, 0.15) is 36.9 Å². The molecule has 1 aliphatic rings. The molecule has 0 spiro atoms. The molecule has 0 aliphatic carbocycles. The molecule has 6 nitrogen and oxygen atoms in total. The minimum absolute atomic E-state index is 0.104. The second-order valence-corrected chi connectivity index (χ2v) is 7.58. The SMILES string of the molecule is Cc1c(CCC(=O)N2CCCC(O)(COc3ccc(F)cc3)CC2)cnn1C. The highest BCUT2D eigenvalue weighted by Gasteiger charge is 2.32. The molecule has 0 radical (unpaired) electrons. The second-order valence-electron chi connectivity index (χ2n) is 7.58. The summed E-state index contributed by atoms with van der Waals surface area (Å²) in [6.07, 6.45) is 4.69. The number of carbonyl (C=O) groups is 1. The number of halogens is 1. The van der Waals surface area contributed by atoms with E-state index in [-0.39, 0.29) is 18.3 Å². The Labute approximate surface area is 164 Å². The van der Waals surface area contributed by atoms with Crippen LogP contribution < -0.4 is 4.74 Å². The first-order valence-electron chi connectivity index (χ1n) is 9.72. The van der Waals surface area contributed by atoms with E-state index in [1.807, 2.05) is 29.7 Å². The molecule has 1 fully saturated rings. The van der Waals surface area contributed by atoms with E-state index in [4.69, 9.17) is 4.74 Å². The van der Waals surface area contributed by atoms with Crippen molar-refractivity contribution in [1.82, 2.24) is 14.7 Å². The molecule has 1 aromatic heterocycles. The Hall–Kier alpha value is -2.41. The zero-order valence-electron chi connectivity index (χ0n) is 16.5. The van der Waals surface area contributed by atoms with E-state index in [1.165, 1.54) is 12.1 Å². The molecule has 2 aromatic rings. The number of ether oxygens (including phenoxy) is 1. The second kappa shape index (κ2) is 8.73. The monoisotopic (exact) mass is 389 g/mol. The van der Waals surface area contributed by atoms with Gasteiger partial charge in [-0.2, -0.15) is 5.10 Å². The van der Waals surface area contributed by atoms with E-state index in [0.29, 0.717) is 44.5 Å². The Kier molecular flexibility index (Phi) is 6.34. The first kappa shape index (κ1) is 20.3. The average Bonchev–Trinajstić information content (AvgIpc) is 2.88. The third-order valence-electron chi connectivity index (χ3n) is 5.54. The summed E-state index contributed by atoms with van der Waals surface area (Å²) in [5, 5.41) is 15.1. The Morgan fingerprint density at radius 1 is 1.29 bits per heavy atom. The summed E-state index contributed by atoms with van der Waals surface area (Å²) in [6, 6.07) is 5.75. The fourth-order valence-corrected chi connectivity index (χ4v) is 3.51. The molecule has 1 aliphatic heterocycles. The maximum Gasteiger partial charge on any atom is 0.222 e. The maximum atomic E-state index is 13.0. The highest BCUT2D eigenvalue weighted by Crippen LogP contribution is 2.25. The average molecular weight is 389 g/mol. The van der Waals surface area contributed by atoms with Gasteiger partial charge < -0.3 is 14.7 Å². The van der Waals surface area contributed by atoms with Crippen molar-refractivity contribution in [3.05, 3.63) is 47.5 Å². The van der Waals surface area contributed by atoms with Crippen molar-refractivity contribution in [3.63, 3.8) is 0 Å². The quantitative estimate of drug-likeness (QED) is 0.825. The number of benzene rings is 1. The Balaban J connectivity index is 1.49. The van der Waals surface area contributed by atoms with Gasteiger partial charge in [0.2, 0.25) is 5.91 Å². The van der Waals surface area contributed by atoms with Crippen molar-refractivity contribution in [2.24, 2.45) is 7.05 Å². The number of amides is 1. The standard InChI is InChI=1S/C21H28FN3O3/c1-16-17(14-23-24(16)2)4-9-20(26)25-12-3-10-21(27,11-13-25)15-28-19-7-5-18(22)6-8-19/h5-8,14,27H,3-4,9-13,15H2,1-2H3. The molecule has 0 saturated carbocycles. The van der Waals surface area contributed by atoms with Gasteiger partial charge in [0.15, 0.2) is 0 Å². The number of aromatic nitrogens is 2. The van der Waals surface area contributed by atoms with E-state index in [2.05, 4.69) is 5.10 Å². The highest BCUT2D eigenvalue weighted by molar-refractivity contribution is 5.76. The van der Waals surface area contributed by atoms with Crippen LogP contribution in [0.5, 0.6) is 5.75 Å². The van der Waals surface area contributed by atoms with Gasteiger partial charge in [-0.25, -0.2) is 4.39 Å². The van der Waals surface area contributed by atoms with Crippen molar-refractivity contribution >= 4 is 5.91 Å². The number of carbonyl (C=O) groups excluding carboxylic acids is 1. The van der Waals surface area contributed by atoms with Crippen LogP contribution in [0.3, 0.4) is 0 Å². The lowest BCUT2D eigenvalue weighted by atomic mass is 9.96. The summed E-state index contributed by atoms with van der Waals surface area (Å²) in [7, 11) is 1.89. The van der Waals surface area contributed by atoms with Crippen LogP contribution in [0.25, 0.3) is 0 Å². The van der Waals surface area contributed by atoms with Gasteiger partial charge >= 0.3 is 0 Å². The number of likely N-dealkylation sites (tertiary alicyclic amines) is 1. The molecular weight excluding hydrogens is 361 g/mol. The van der Waals surface area contributed by atoms with Gasteiger partial charge in [0.25, 0.3) is 0 Å². The van der Waals surface area contributed by atoms with Gasteiger partial charge in [-0.15, -0.1) is 0 Å². The summed E-state index contributed by atoms with van der Waals surface area (Å²) < 4.78 is 20.4. The van der Waals surface area contributed by atoms with E-state index < -0.39 is 5.60 Å². The van der Waals surface area contributed by atoms with Crippen molar-refractivity contribution in [1.29, 1.82) is 0 Å². The number of aliphatic hydroxyl groups is 1. The first-order valence-corrected chi connectivity index (χ1v) is 9.72. The number of aryl methyl sites for hydroxylation is 2. The molecule has 1 amide bonds. The third kappa shape index (κ3) is 5.10. The molecule has 1 unspecified atom stereocenters. The van der Waals surface area contributed by atoms with Crippen molar-refractivity contribution in [2.45, 2.75) is 44.6 Å². The lowest BCUT2D eigenvalue weighted by molar-refractivity contribution is -0.131. The fraction of sp³-hybridized carbons (Fsp3) is 0.524. The molecule has 28 heavy (non-hydrogen) atoms. The van der Waals surface area contributed by atoms with E-state index in [9.17, 15) is 14.3 Å². The molecule has 1 saturated heterocycles.